The van der Waals surface area contributed by atoms with E-state index in [0.29, 0.717) is 23.3 Å². The maximum Gasteiger partial charge on any atom is 0.337 e. The number of nitrogens with one attached hydrogen (secondary N) is 1. The maximum atomic E-state index is 12.0. The van der Waals surface area contributed by atoms with Gasteiger partial charge < -0.3 is 11.1 Å². The molecule has 3 N–H and O–H groups in total. The Balaban J connectivity index is 2.62. The molecule has 0 radical (unpaired) electrons. The van der Waals surface area contributed by atoms with Gasteiger partial charge in [0.15, 0.2) is 0 Å². The van der Waals surface area contributed by atoms with Crippen molar-refractivity contribution >= 4 is 22.8 Å². The first-order valence-electron chi connectivity index (χ1n) is 5.81. The van der Waals surface area contributed by atoms with Crippen LogP contribution in [0.4, 0.5) is 10.5 Å². The van der Waals surface area contributed by atoms with Gasteiger partial charge in [-0.05, 0) is 24.6 Å². The molecule has 6 nitrogen and oxygen atoms in total. The van der Waals surface area contributed by atoms with E-state index in [4.69, 9.17) is 5.73 Å². The summed E-state index contributed by atoms with van der Waals surface area (Å²) in [5.74, 6) is 0. The number of fused-ring (bicyclic) bond motifs is 1. The number of carbonyl (C=O) groups excluding carboxylic acids is 1. The van der Waals surface area contributed by atoms with E-state index in [9.17, 15) is 9.59 Å². The fraction of sp³-hybridized carbons (Fsp3) is 0.333. The van der Waals surface area contributed by atoms with Crippen molar-refractivity contribution in [3.8, 4) is 0 Å². The van der Waals surface area contributed by atoms with E-state index in [-0.39, 0.29) is 5.69 Å². The molecule has 0 spiro atoms. The molecule has 0 saturated heterocycles. The minimum absolute atomic E-state index is 0.371. The van der Waals surface area contributed by atoms with Crippen molar-refractivity contribution in [1.29, 1.82) is 0 Å². The topological polar surface area (TPSA) is 82.0 Å². The second-order valence-electron chi connectivity index (χ2n) is 4.16. The minimum Gasteiger partial charge on any atom is -0.399 e. The number of nitrogen functional groups attached to an aromatic ring is 1. The zero-order valence-corrected chi connectivity index (χ0v) is 10.4. The molecule has 1 amide bonds. The number of hydrogen-bond acceptors (Lipinski definition) is 3. The van der Waals surface area contributed by atoms with Gasteiger partial charge in [0.25, 0.3) is 0 Å². The van der Waals surface area contributed by atoms with Crippen LogP contribution in [0.2, 0.25) is 0 Å². The molecule has 0 aliphatic heterocycles. The molecule has 0 saturated carbocycles. The van der Waals surface area contributed by atoms with Crippen molar-refractivity contribution in [1.82, 2.24) is 14.5 Å². The average molecular weight is 248 g/mol. The summed E-state index contributed by atoms with van der Waals surface area (Å²) in [6.07, 6.45) is 0.813. The van der Waals surface area contributed by atoms with Crippen LogP contribution in [0.5, 0.6) is 0 Å². The SMILES string of the molecule is CCCNC(=O)n1c(=O)n(C)c2ccc(N)cc21. The summed E-state index contributed by atoms with van der Waals surface area (Å²) in [5.41, 5.74) is 7.05. The van der Waals surface area contributed by atoms with Gasteiger partial charge in [0.1, 0.15) is 0 Å². The average Bonchev–Trinajstić information content (AvgIpc) is 2.59. The minimum atomic E-state index is -0.418. The smallest absolute Gasteiger partial charge is 0.337 e. The molecular weight excluding hydrogens is 232 g/mol. The highest BCUT2D eigenvalue weighted by atomic mass is 16.2. The number of aryl methyl sites for hydroxylation is 1. The lowest BCUT2D eigenvalue weighted by atomic mass is 10.3. The molecule has 0 aliphatic rings. The molecular formula is C12H16N4O2. The highest BCUT2D eigenvalue weighted by Gasteiger charge is 2.16. The van der Waals surface area contributed by atoms with E-state index in [1.807, 2.05) is 6.92 Å². The van der Waals surface area contributed by atoms with Crippen molar-refractivity contribution in [3.63, 3.8) is 0 Å². The van der Waals surface area contributed by atoms with E-state index in [2.05, 4.69) is 5.32 Å². The monoisotopic (exact) mass is 248 g/mol. The summed E-state index contributed by atoms with van der Waals surface area (Å²) in [7, 11) is 1.63. The molecule has 0 fully saturated rings. The Labute approximate surface area is 104 Å². The lowest BCUT2D eigenvalue weighted by molar-refractivity contribution is 0.242. The van der Waals surface area contributed by atoms with E-state index >= 15 is 0 Å². The highest BCUT2D eigenvalue weighted by Crippen LogP contribution is 2.15. The second-order valence-corrected chi connectivity index (χ2v) is 4.16. The Hall–Kier alpha value is -2.24. The Morgan fingerprint density at radius 2 is 2.11 bits per heavy atom. The molecule has 0 bridgehead atoms. The van der Waals surface area contributed by atoms with Crippen LogP contribution in [0.1, 0.15) is 13.3 Å². The van der Waals surface area contributed by atoms with Crippen molar-refractivity contribution in [2.24, 2.45) is 7.05 Å². The number of nitrogens with zero attached hydrogens (tertiary/aromatic N) is 2. The van der Waals surface area contributed by atoms with Gasteiger partial charge in [-0.15, -0.1) is 0 Å². The van der Waals surface area contributed by atoms with E-state index in [0.717, 1.165) is 11.0 Å². The Bertz CT molecular complexity index is 654. The predicted octanol–water partition coefficient (Wildman–Crippen LogP) is 0.890. The number of imidazole rings is 1. The molecule has 1 heterocycles. The number of rotatable bonds is 2. The Morgan fingerprint density at radius 1 is 1.39 bits per heavy atom. The fourth-order valence-corrected chi connectivity index (χ4v) is 1.87. The van der Waals surface area contributed by atoms with E-state index in [1.165, 1.54) is 4.57 Å². The largest absolute Gasteiger partial charge is 0.399 e. The molecule has 6 heteroatoms. The maximum absolute atomic E-state index is 12.0. The van der Waals surface area contributed by atoms with Gasteiger partial charge in [-0.25, -0.2) is 14.2 Å². The summed E-state index contributed by atoms with van der Waals surface area (Å²) in [6.45, 7) is 2.48. The summed E-state index contributed by atoms with van der Waals surface area (Å²) in [4.78, 5) is 24.0. The second kappa shape index (κ2) is 4.56. The van der Waals surface area contributed by atoms with Crippen LogP contribution in [0.15, 0.2) is 23.0 Å². The number of nitrogens with two attached hydrogens (primary N) is 1. The number of benzene rings is 1. The van der Waals surface area contributed by atoms with Gasteiger partial charge >= 0.3 is 11.7 Å². The van der Waals surface area contributed by atoms with Gasteiger partial charge in [-0.1, -0.05) is 6.92 Å². The van der Waals surface area contributed by atoms with Gasteiger partial charge in [-0.2, -0.15) is 0 Å². The zero-order valence-electron chi connectivity index (χ0n) is 10.4. The third kappa shape index (κ3) is 1.85. The van der Waals surface area contributed by atoms with Crippen LogP contribution in [-0.2, 0) is 7.05 Å². The van der Waals surface area contributed by atoms with Gasteiger partial charge in [0.2, 0.25) is 0 Å². The van der Waals surface area contributed by atoms with Crippen LogP contribution < -0.4 is 16.7 Å². The third-order valence-electron chi connectivity index (χ3n) is 2.81. The number of carbonyl (C=O) groups is 1. The molecule has 2 aromatic rings. The molecule has 0 aliphatic carbocycles. The molecule has 0 atom stereocenters. The molecule has 0 unspecified atom stereocenters. The summed E-state index contributed by atoms with van der Waals surface area (Å²) >= 11 is 0. The van der Waals surface area contributed by atoms with Gasteiger partial charge in [-0.3, -0.25) is 4.57 Å². The summed E-state index contributed by atoms with van der Waals surface area (Å²) in [5, 5.41) is 2.68. The fourth-order valence-electron chi connectivity index (χ4n) is 1.87. The first-order valence-corrected chi connectivity index (χ1v) is 5.81. The summed E-state index contributed by atoms with van der Waals surface area (Å²) in [6, 6.07) is 4.65. The van der Waals surface area contributed by atoms with Crippen LogP contribution in [0.25, 0.3) is 11.0 Å². The summed E-state index contributed by atoms with van der Waals surface area (Å²) < 4.78 is 2.54. The number of anilines is 1. The third-order valence-corrected chi connectivity index (χ3v) is 2.81. The van der Waals surface area contributed by atoms with E-state index in [1.54, 1.807) is 25.2 Å². The van der Waals surface area contributed by atoms with Crippen LogP contribution >= 0.6 is 0 Å². The normalized spacial score (nSPS) is 10.8. The predicted molar refractivity (Wildman–Crippen MR) is 70.7 cm³/mol. The van der Waals surface area contributed by atoms with Crippen LogP contribution in [0, 0.1) is 0 Å². The van der Waals surface area contributed by atoms with Crippen molar-refractivity contribution in [3.05, 3.63) is 28.7 Å². The van der Waals surface area contributed by atoms with Gasteiger partial charge in [0.05, 0.1) is 11.0 Å². The molecule has 18 heavy (non-hydrogen) atoms. The van der Waals surface area contributed by atoms with Crippen LogP contribution in [0.3, 0.4) is 0 Å². The molecule has 1 aromatic heterocycles. The van der Waals surface area contributed by atoms with E-state index < -0.39 is 6.03 Å². The standard InChI is InChI=1S/C12H16N4O2/c1-3-6-14-11(17)16-10-7-8(13)4-5-9(10)15(2)12(16)18/h4-5,7H,3,6,13H2,1-2H3,(H,14,17). The number of amides is 1. The molecule has 1 aromatic carbocycles. The molecule has 2 rings (SSSR count). The first kappa shape index (κ1) is 12.2. The van der Waals surface area contributed by atoms with Crippen molar-refractivity contribution in [2.45, 2.75) is 13.3 Å². The Kier molecular flexibility index (Phi) is 3.10. The number of hydrogen-bond donors (Lipinski definition) is 2. The van der Waals surface area contributed by atoms with Crippen molar-refractivity contribution in [2.75, 3.05) is 12.3 Å². The zero-order chi connectivity index (χ0) is 13.3. The highest BCUT2D eigenvalue weighted by molar-refractivity contribution is 5.90. The Morgan fingerprint density at radius 3 is 2.78 bits per heavy atom. The van der Waals surface area contributed by atoms with Gasteiger partial charge in [0, 0.05) is 19.3 Å². The quantitative estimate of drug-likeness (QED) is 0.774. The number of aromatic nitrogens is 2. The molecule has 96 valence electrons. The van der Waals surface area contributed by atoms with Crippen LogP contribution in [-0.4, -0.2) is 21.7 Å². The lowest BCUT2D eigenvalue weighted by Gasteiger charge is -2.04. The lowest BCUT2D eigenvalue weighted by Crippen LogP contribution is -2.36. The van der Waals surface area contributed by atoms with Crippen molar-refractivity contribution < 1.29 is 4.79 Å². The first-order chi connectivity index (χ1) is 8.56.